The Hall–Kier alpha value is -2.26. The number of benzene rings is 2. The van der Waals surface area contributed by atoms with Gasteiger partial charge in [-0.3, -0.25) is 0 Å². The molecule has 1 atom stereocenters. The molecule has 4 heteroatoms. The molecular weight excluding hydrogens is 366 g/mol. The minimum atomic E-state index is -0.914. The van der Waals surface area contributed by atoms with Gasteiger partial charge in [0.2, 0.25) is 0 Å². The molecule has 0 bridgehead atoms. The second-order valence-electron chi connectivity index (χ2n) is 5.49. The average Bonchev–Trinajstić information content (AvgIpc) is 2.94. The first-order valence-electron chi connectivity index (χ1n) is 7.58. The van der Waals surface area contributed by atoms with Crippen molar-refractivity contribution in [1.29, 1.82) is 0 Å². The Bertz CT molecular complexity index is 908. The average molecular weight is 384 g/mol. The van der Waals surface area contributed by atoms with Crippen LogP contribution in [0.25, 0.3) is 10.9 Å². The molecule has 1 aromatic heterocycles. The van der Waals surface area contributed by atoms with Crippen LogP contribution in [0.2, 0.25) is 0 Å². The second-order valence-corrected chi connectivity index (χ2v) is 6.41. The van der Waals surface area contributed by atoms with Crippen molar-refractivity contribution < 1.29 is 9.84 Å². The van der Waals surface area contributed by atoms with Gasteiger partial charge in [-0.2, -0.15) is 0 Å². The number of halogens is 1. The minimum absolute atomic E-state index is 0.311. The van der Waals surface area contributed by atoms with Crippen molar-refractivity contribution >= 4 is 26.8 Å². The minimum Gasteiger partial charge on any atom is -0.490 e. The quantitative estimate of drug-likeness (QED) is 0.507. The highest BCUT2D eigenvalue weighted by Crippen LogP contribution is 2.31. The largest absolute Gasteiger partial charge is 0.490 e. The number of methoxy groups -OCH3 is 1. The first kappa shape index (κ1) is 16.6. The lowest BCUT2D eigenvalue weighted by Crippen LogP contribution is -2.11. The number of fused-ring (bicyclic) bond motifs is 1. The SMILES string of the molecule is C=C=C(OC)C(O)c1cc2cc(Br)ccc2n1Cc1ccccc1. The number of nitrogens with zero attached hydrogens (tertiary/aromatic N) is 1. The molecule has 24 heavy (non-hydrogen) atoms. The number of hydrogen-bond donors (Lipinski definition) is 1. The maximum absolute atomic E-state index is 10.7. The van der Waals surface area contributed by atoms with Gasteiger partial charge in [-0.15, -0.1) is 0 Å². The molecule has 0 fully saturated rings. The summed E-state index contributed by atoms with van der Waals surface area (Å²) in [5.41, 5.74) is 5.63. The van der Waals surface area contributed by atoms with E-state index < -0.39 is 6.10 Å². The molecule has 2 aromatic carbocycles. The predicted molar refractivity (Wildman–Crippen MR) is 99.8 cm³/mol. The summed E-state index contributed by atoms with van der Waals surface area (Å²) < 4.78 is 8.31. The molecule has 0 radical (unpaired) electrons. The number of ether oxygens (including phenoxy) is 1. The lowest BCUT2D eigenvalue weighted by atomic mass is 10.2. The molecule has 1 N–H and O–H groups in total. The van der Waals surface area contributed by atoms with Crippen LogP contribution in [0.15, 0.2) is 77.1 Å². The summed E-state index contributed by atoms with van der Waals surface area (Å²) in [6, 6.07) is 18.2. The zero-order valence-corrected chi connectivity index (χ0v) is 15.0. The van der Waals surface area contributed by atoms with E-state index >= 15 is 0 Å². The van der Waals surface area contributed by atoms with Crippen molar-refractivity contribution in [3.05, 3.63) is 88.4 Å². The Kier molecular flexibility index (Phi) is 4.91. The summed E-state index contributed by atoms with van der Waals surface area (Å²) in [5.74, 6) is 0.311. The molecule has 1 heterocycles. The molecule has 122 valence electrons. The number of aliphatic hydroxyl groups is 1. The van der Waals surface area contributed by atoms with E-state index in [4.69, 9.17) is 4.74 Å². The molecular formula is C20H18BrNO2. The van der Waals surface area contributed by atoms with E-state index in [0.717, 1.165) is 26.6 Å². The molecule has 3 rings (SSSR count). The smallest absolute Gasteiger partial charge is 0.172 e. The Morgan fingerprint density at radius 2 is 2.00 bits per heavy atom. The standard InChI is InChI=1S/C20H18BrNO2/c1-3-19(24-2)20(23)18-12-15-11-16(21)9-10-17(15)22(18)13-14-7-5-4-6-8-14/h4-12,20,23H,1,13H2,2H3. The van der Waals surface area contributed by atoms with Crippen molar-refractivity contribution in [2.75, 3.05) is 7.11 Å². The fourth-order valence-electron chi connectivity index (χ4n) is 2.85. The van der Waals surface area contributed by atoms with Crippen LogP contribution in [-0.2, 0) is 11.3 Å². The molecule has 0 aliphatic heterocycles. The zero-order valence-electron chi connectivity index (χ0n) is 13.4. The highest BCUT2D eigenvalue weighted by atomic mass is 79.9. The fraction of sp³-hybridized carbons (Fsp3) is 0.150. The molecule has 1 unspecified atom stereocenters. The van der Waals surface area contributed by atoms with Crippen LogP contribution < -0.4 is 0 Å². The van der Waals surface area contributed by atoms with E-state index in [1.165, 1.54) is 7.11 Å². The van der Waals surface area contributed by atoms with Gasteiger partial charge in [0.05, 0.1) is 12.8 Å². The number of hydrogen-bond acceptors (Lipinski definition) is 2. The Morgan fingerprint density at radius 3 is 2.67 bits per heavy atom. The van der Waals surface area contributed by atoms with Crippen molar-refractivity contribution in [3.8, 4) is 0 Å². The van der Waals surface area contributed by atoms with Gasteiger partial charge < -0.3 is 14.4 Å². The van der Waals surface area contributed by atoms with E-state index in [1.54, 1.807) is 0 Å². The van der Waals surface area contributed by atoms with E-state index in [0.29, 0.717) is 12.3 Å². The summed E-state index contributed by atoms with van der Waals surface area (Å²) in [6.07, 6.45) is -0.914. The van der Waals surface area contributed by atoms with Crippen LogP contribution in [0.5, 0.6) is 0 Å². The van der Waals surface area contributed by atoms with Gasteiger partial charge >= 0.3 is 0 Å². The summed E-state index contributed by atoms with van der Waals surface area (Å²) in [4.78, 5) is 0. The summed E-state index contributed by atoms with van der Waals surface area (Å²) in [6.45, 7) is 4.26. The van der Waals surface area contributed by atoms with Gasteiger partial charge in [-0.25, -0.2) is 0 Å². The topological polar surface area (TPSA) is 34.4 Å². The fourth-order valence-corrected chi connectivity index (χ4v) is 3.23. The van der Waals surface area contributed by atoms with Gasteiger partial charge in [0.1, 0.15) is 0 Å². The van der Waals surface area contributed by atoms with Gasteiger partial charge in [0.15, 0.2) is 11.9 Å². The number of aliphatic hydroxyl groups excluding tert-OH is 1. The van der Waals surface area contributed by atoms with E-state index in [9.17, 15) is 5.11 Å². The normalized spacial score (nSPS) is 12.0. The Balaban J connectivity index is 2.16. The Morgan fingerprint density at radius 1 is 1.25 bits per heavy atom. The highest BCUT2D eigenvalue weighted by Gasteiger charge is 2.20. The molecule has 0 amide bonds. The maximum Gasteiger partial charge on any atom is 0.172 e. The van der Waals surface area contributed by atoms with Crippen LogP contribution in [0.4, 0.5) is 0 Å². The molecule has 0 saturated carbocycles. The number of aromatic nitrogens is 1. The molecule has 0 saturated heterocycles. The summed E-state index contributed by atoms with van der Waals surface area (Å²) in [7, 11) is 1.51. The molecule has 0 aliphatic carbocycles. The lowest BCUT2D eigenvalue weighted by molar-refractivity contribution is 0.124. The van der Waals surface area contributed by atoms with E-state index in [-0.39, 0.29) is 0 Å². The van der Waals surface area contributed by atoms with Gasteiger partial charge in [0.25, 0.3) is 0 Å². The van der Waals surface area contributed by atoms with Crippen LogP contribution in [-0.4, -0.2) is 16.8 Å². The van der Waals surface area contributed by atoms with Crippen molar-refractivity contribution in [2.24, 2.45) is 0 Å². The highest BCUT2D eigenvalue weighted by molar-refractivity contribution is 9.10. The summed E-state index contributed by atoms with van der Waals surface area (Å²) in [5, 5.41) is 11.8. The van der Waals surface area contributed by atoms with Gasteiger partial charge in [-0.1, -0.05) is 58.6 Å². The Labute approximate surface area is 149 Å². The summed E-state index contributed by atoms with van der Waals surface area (Å²) >= 11 is 3.50. The maximum atomic E-state index is 10.7. The van der Waals surface area contributed by atoms with Crippen LogP contribution in [0.1, 0.15) is 17.4 Å². The van der Waals surface area contributed by atoms with Crippen molar-refractivity contribution in [2.45, 2.75) is 12.6 Å². The van der Waals surface area contributed by atoms with E-state index in [1.807, 2.05) is 42.5 Å². The van der Waals surface area contributed by atoms with Gasteiger partial charge in [-0.05, 0) is 29.8 Å². The van der Waals surface area contributed by atoms with Crippen molar-refractivity contribution in [3.63, 3.8) is 0 Å². The predicted octanol–water partition coefficient (Wildman–Crippen LogP) is 4.80. The van der Waals surface area contributed by atoms with Crippen LogP contribution in [0, 0.1) is 0 Å². The number of rotatable bonds is 5. The second kappa shape index (κ2) is 7.10. The van der Waals surface area contributed by atoms with Crippen LogP contribution in [0.3, 0.4) is 0 Å². The lowest BCUT2D eigenvalue weighted by Gasteiger charge is -2.16. The molecule has 0 aliphatic rings. The van der Waals surface area contributed by atoms with E-state index in [2.05, 4.69) is 44.9 Å². The third-order valence-corrected chi connectivity index (χ3v) is 4.49. The third-order valence-electron chi connectivity index (χ3n) is 4.00. The monoisotopic (exact) mass is 383 g/mol. The first-order chi connectivity index (χ1) is 11.6. The molecule has 3 aromatic rings. The van der Waals surface area contributed by atoms with Gasteiger partial charge in [0, 0.05) is 21.9 Å². The first-order valence-corrected chi connectivity index (χ1v) is 8.38. The molecule has 0 spiro atoms. The van der Waals surface area contributed by atoms with Crippen molar-refractivity contribution in [1.82, 2.24) is 4.57 Å². The zero-order chi connectivity index (χ0) is 17.1. The third kappa shape index (κ3) is 3.17. The van der Waals surface area contributed by atoms with Crippen LogP contribution >= 0.6 is 15.9 Å². The molecule has 3 nitrogen and oxygen atoms in total.